The number of hydrogen-bond acceptors (Lipinski definition) is 4. The van der Waals surface area contributed by atoms with E-state index in [0.29, 0.717) is 11.3 Å². The van der Waals surface area contributed by atoms with Crippen LogP contribution in [0.3, 0.4) is 0 Å². The highest BCUT2D eigenvalue weighted by Gasteiger charge is 2.30. The molecule has 0 unspecified atom stereocenters. The van der Waals surface area contributed by atoms with Crippen LogP contribution >= 0.6 is 11.3 Å². The van der Waals surface area contributed by atoms with E-state index < -0.39 is 0 Å². The molecular formula is C19H24N4O2S. The predicted octanol–water partition coefficient (Wildman–Crippen LogP) is 3.61. The number of nitrogens with one attached hydrogen (secondary N) is 1. The molecule has 0 spiro atoms. The number of hydrogen-bond donors (Lipinski definition) is 1. The molecule has 2 aliphatic rings. The maximum Gasteiger partial charge on any atom is 0.266 e. The number of anilines is 1. The average molecular weight is 372 g/mol. The van der Waals surface area contributed by atoms with Gasteiger partial charge < -0.3 is 14.8 Å². The minimum Gasteiger partial charge on any atom is -0.335 e. The monoisotopic (exact) mass is 372 g/mol. The van der Waals surface area contributed by atoms with Gasteiger partial charge in [0.25, 0.3) is 5.91 Å². The van der Waals surface area contributed by atoms with Gasteiger partial charge in [-0.2, -0.15) is 0 Å². The Kier molecular flexibility index (Phi) is 4.80. The zero-order chi connectivity index (χ0) is 18.1. The second-order valence-corrected chi connectivity index (χ2v) is 8.04. The summed E-state index contributed by atoms with van der Waals surface area (Å²) < 4.78 is 2.11. The van der Waals surface area contributed by atoms with Crippen LogP contribution in [0.2, 0.25) is 0 Å². The van der Waals surface area contributed by atoms with Crippen LogP contribution < -0.4 is 5.32 Å². The normalized spacial score (nSPS) is 19.4. The van der Waals surface area contributed by atoms with Crippen molar-refractivity contribution in [2.45, 2.75) is 58.0 Å². The molecule has 138 valence electrons. The van der Waals surface area contributed by atoms with Crippen LogP contribution in [0.4, 0.5) is 5.82 Å². The molecule has 2 aromatic heterocycles. The first-order chi connectivity index (χ1) is 12.7. The standard InChI is InChI=1S/C19H24N4O2S/c1-2-18(24)22-11-5-6-13(22)14-8-9-15(26-14)19(25)21-17-12-20-16-7-3-4-10-23(16)17/h8-9,12-13H,2-7,10-11H2,1H3,(H,21,25)/t13-/m0/s1. The van der Waals surface area contributed by atoms with E-state index in [-0.39, 0.29) is 17.9 Å². The zero-order valence-corrected chi connectivity index (χ0v) is 15.8. The van der Waals surface area contributed by atoms with Gasteiger partial charge in [0.05, 0.1) is 17.1 Å². The summed E-state index contributed by atoms with van der Waals surface area (Å²) >= 11 is 1.49. The number of fused-ring (bicyclic) bond motifs is 1. The molecule has 6 nitrogen and oxygen atoms in total. The van der Waals surface area contributed by atoms with Crippen LogP contribution in [-0.4, -0.2) is 32.8 Å². The van der Waals surface area contributed by atoms with Crippen molar-refractivity contribution in [2.24, 2.45) is 0 Å². The summed E-state index contributed by atoms with van der Waals surface area (Å²) in [5.74, 6) is 1.93. The van der Waals surface area contributed by atoms with Gasteiger partial charge in [0.1, 0.15) is 11.6 Å². The Morgan fingerprint density at radius 2 is 2.15 bits per heavy atom. The van der Waals surface area contributed by atoms with Gasteiger partial charge in [-0.25, -0.2) is 4.98 Å². The number of nitrogens with zero attached hydrogens (tertiary/aromatic N) is 3. The Morgan fingerprint density at radius 3 is 3.00 bits per heavy atom. The van der Waals surface area contributed by atoms with Gasteiger partial charge >= 0.3 is 0 Å². The molecule has 0 saturated carbocycles. The third kappa shape index (κ3) is 3.16. The van der Waals surface area contributed by atoms with Crippen molar-refractivity contribution in [3.63, 3.8) is 0 Å². The fraction of sp³-hybridized carbons (Fsp3) is 0.526. The van der Waals surface area contributed by atoms with E-state index in [4.69, 9.17) is 0 Å². The molecule has 2 amide bonds. The first-order valence-corrected chi connectivity index (χ1v) is 10.2. The minimum absolute atomic E-state index is 0.0964. The molecule has 1 saturated heterocycles. The average Bonchev–Trinajstić information content (AvgIpc) is 3.40. The molecule has 0 bridgehead atoms. The number of amides is 2. The van der Waals surface area contributed by atoms with Gasteiger partial charge in [-0.15, -0.1) is 11.3 Å². The van der Waals surface area contributed by atoms with E-state index in [1.54, 1.807) is 6.20 Å². The fourth-order valence-corrected chi connectivity index (χ4v) is 4.96. The van der Waals surface area contributed by atoms with E-state index in [1.807, 2.05) is 24.0 Å². The summed E-state index contributed by atoms with van der Waals surface area (Å²) in [5.41, 5.74) is 0. The number of imidazole rings is 1. The van der Waals surface area contributed by atoms with E-state index in [1.165, 1.54) is 11.3 Å². The van der Waals surface area contributed by atoms with Gasteiger partial charge in [-0.05, 0) is 37.8 Å². The van der Waals surface area contributed by atoms with Crippen LogP contribution in [0.5, 0.6) is 0 Å². The number of aryl methyl sites for hydroxylation is 1. The number of rotatable bonds is 4. The van der Waals surface area contributed by atoms with Crippen molar-refractivity contribution in [3.8, 4) is 0 Å². The largest absolute Gasteiger partial charge is 0.335 e. The highest BCUT2D eigenvalue weighted by Crippen LogP contribution is 2.36. The minimum atomic E-state index is -0.0964. The Labute approximate surface area is 157 Å². The predicted molar refractivity (Wildman–Crippen MR) is 101 cm³/mol. The molecule has 1 atom stereocenters. The Bertz CT molecular complexity index is 825. The van der Waals surface area contributed by atoms with E-state index in [0.717, 1.165) is 61.7 Å². The van der Waals surface area contributed by atoms with Crippen molar-refractivity contribution in [3.05, 3.63) is 33.9 Å². The van der Waals surface area contributed by atoms with Gasteiger partial charge in [0.2, 0.25) is 5.91 Å². The van der Waals surface area contributed by atoms with E-state index >= 15 is 0 Å². The lowest BCUT2D eigenvalue weighted by Crippen LogP contribution is -2.29. The molecule has 4 heterocycles. The third-order valence-electron chi connectivity index (χ3n) is 5.27. The second kappa shape index (κ2) is 7.23. The third-order valence-corrected chi connectivity index (χ3v) is 6.45. The molecule has 7 heteroatoms. The van der Waals surface area contributed by atoms with Crippen molar-refractivity contribution < 1.29 is 9.59 Å². The lowest BCUT2D eigenvalue weighted by Gasteiger charge is -2.23. The summed E-state index contributed by atoms with van der Waals surface area (Å²) in [5, 5.41) is 3.01. The highest BCUT2D eigenvalue weighted by atomic mass is 32.1. The maximum absolute atomic E-state index is 12.7. The van der Waals surface area contributed by atoms with Crippen molar-refractivity contribution >= 4 is 29.0 Å². The van der Waals surface area contributed by atoms with Gasteiger partial charge in [0, 0.05) is 30.8 Å². The van der Waals surface area contributed by atoms with Crippen LogP contribution in [0.15, 0.2) is 18.3 Å². The molecule has 2 aliphatic heterocycles. The maximum atomic E-state index is 12.7. The van der Waals surface area contributed by atoms with E-state index in [9.17, 15) is 9.59 Å². The lowest BCUT2D eigenvalue weighted by molar-refractivity contribution is -0.131. The molecule has 4 rings (SSSR count). The number of likely N-dealkylation sites (tertiary alicyclic amines) is 1. The quantitative estimate of drug-likeness (QED) is 0.891. The summed E-state index contributed by atoms with van der Waals surface area (Å²) in [4.78, 5) is 33.0. The fourth-order valence-electron chi connectivity index (χ4n) is 3.91. The molecule has 1 N–H and O–H groups in total. The molecule has 0 radical (unpaired) electrons. The smallest absolute Gasteiger partial charge is 0.266 e. The van der Waals surface area contributed by atoms with Gasteiger partial charge in [-0.1, -0.05) is 6.92 Å². The molecule has 1 fully saturated rings. The molecule has 0 aromatic carbocycles. The molecule has 2 aromatic rings. The second-order valence-electron chi connectivity index (χ2n) is 6.92. The van der Waals surface area contributed by atoms with Gasteiger partial charge in [-0.3, -0.25) is 9.59 Å². The zero-order valence-electron chi connectivity index (χ0n) is 15.0. The Hall–Kier alpha value is -2.15. The Balaban J connectivity index is 1.48. The summed E-state index contributed by atoms with van der Waals surface area (Å²) in [6.07, 6.45) is 7.54. The van der Waals surface area contributed by atoms with Crippen molar-refractivity contribution in [1.29, 1.82) is 0 Å². The lowest BCUT2D eigenvalue weighted by atomic mass is 10.2. The summed E-state index contributed by atoms with van der Waals surface area (Å²) in [7, 11) is 0. The molecular weight excluding hydrogens is 348 g/mol. The number of thiophene rings is 1. The summed E-state index contributed by atoms with van der Waals surface area (Å²) in [6.45, 7) is 3.63. The Morgan fingerprint density at radius 1 is 1.27 bits per heavy atom. The first-order valence-electron chi connectivity index (χ1n) is 9.42. The number of carbonyl (C=O) groups is 2. The molecule has 0 aliphatic carbocycles. The van der Waals surface area contributed by atoms with Crippen LogP contribution in [0, 0.1) is 0 Å². The SMILES string of the molecule is CCC(=O)N1CCC[C@H]1c1ccc(C(=O)Nc2cnc3n2CCCC3)s1. The topological polar surface area (TPSA) is 67.2 Å². The van der Waals surface area contributed by atoms with Gasteiger partial charge in [0.15, 0.2) is 0 Å². The number of aromatic nitrogens is 2. The van der Waals surface area contributed by atoms with Crippen molar-refractivity contribution in [1.82, 2.24) is 14.5 Å². The van der Waals surface area contributed by atoms with Crippen LogP contribution in [-0.2, 0) is 17.8 Å². The number of carbonyl (C=O) groups excluding carboxylic acids is 2. The van der Waals surface area contributed by atoms with E-state index in [2.05, 4.69) is 14.9 Å². The molecule has 26 heavy (non-hydrogen) atoms. The van der Waals surface area contributed by atoms with Crippen molar-refractivity contribution in [2.75, 3.05) is 11.9 Å². The highest BCUT2D eigenvalue weighted by molar-refractivity contribution is 7.14. The summed E-state index contributed by atoms with van der Waals surface area (Å²) in [6, 6.07) is 3.99. The first kappa shape index (κ1) is 17.3. The van der Waals surface area contributed by atoms with Crippen LogP contribution in [0.1, 0.15) is 65.4 Å². The van der Waals surface area contributed by atoms with Crippen LogP contribution in [0.25, 0.3) is 0 Å².